The van der Waals surface area contributed by atoms with Crippen LogP contribution in [0.15, 0.2) is 47.4 Å². The van der Waals surface area contributed by atoms with Gasteiger partial charge in [0.05, 0.1) is 17.6 Å². The number of halogens is 1. The van der Waals surface area contributed by atoms with E-state index in [2.05, 4.69) is 0 Å². The fraction of sp³-hybridized carbons (Fsp3) is 0.133. The molecule has 0 saturated carbocycles. The lowest BCUT2D eigenvalue weighted by molar-refractivity contribution is 0.0601. The normalized spacial score (nSPS) is 11.2. The minimum Gasteiger partial charge on any atom is -0.465 e. The molecule has 0 fully saturated rings. The molecule has 0 radical (unpaired) electrons. The van der Waals surface area contributed by atoms with E-state index in [1.165, 1.54) is 19.2 Å². The molecule has 6 heteroatoms. The molecular weight excluding hydrogens is 312 g/mol. The van der Waals surface area contributed by atoms with Gasteiger partial charge in [0, 0.05) is 16.8 Å². The molecule has 0 aromatic heterocycles. The number of hydrogen-bond acceptors (Lipinski definition) is 4. The Morgan fingerprint density at radius 3 is 2.33 bits per heavy atom. The Morgan fingerprint density at radius 1 is 1.10 bits per heavy atom. The van der Waals surface area contributed by atoms with Crippen molar-refractivity contribution >= 4 is 27.4 Å². The van der Waals surface area contributed by atoms with Gasteiger partial charge in [-0.25, -0.2) is 13.2 Å². The zero-order chi connectivity index (χ0) is 15.6. The second-order valence-corrected chi connectivity index (χ2v) is 6.87. The number of hydrogen-bond donors (Lipinski definition) is 0. The predicted molar refractivity (Wildman–Crippen MR) is 81.3 cm³/mol. The van der Waals surface area contributed by atoms with Gasteiger partial charge in [0.25, 0.3) is 0 Å². The Kier molecular flexibility index (Phi) is 4.34. The van der Waals surface area contributed by atoms with Crippen LogP contribution in [0.1, 0.15) is 10.4 Å². The SMILES string of the molecule is COC(=O)c1cc(S(C)(=O)=O)ccc1-c1ccccc1Cl. The summed E-state index contributed by atoms with van der Waals surface area (Å²) in [5.74, 6) is -0.615. The maximum Gasteiger partial charge on any atom is 0.338 e. The number of sulfone groups is 1. The molecule has 0 amide bonds. The standard InChI is InChI=1S/C15H13ClO4S/c1-20-15(17)13-9-10(21(2,18)19)7-8-11(13)12-5-3-4-6-14(12)16/h3-9H,1-2H3. The summed E-state index contributed by atoms with van der Waals surface area (Å²) in [5.41, 5.74) is 1.33. The van der Waals surface area contributed by atoms with Crippen LogP contribution in [0.4, 0.5) is 0 Å². The molecule has 0 spiro atoms. The highest BCUT2D eigenvalue weighted by molar-refractivity contribution is 7.90. The molecule has 0 heterocycles. The quantitative estimate of drug-likeness (QED) is 0.813. The molecule has 0 saturated heterocycles. The predicted octanol–water partition coefficient (Wildman–Crippen LogP) is 3.20. The third-order valence-electron chi connectivity index (χ3n) is 2.99. The second kappa shape index (κ2) is 5.87. The highest BCUT2D eigenvalue weighted by Crippen LogP contribution is 2.32. The third-order valence-corrected chi connectivity index (χ3v) is 4.43. The number of methoxy groups -OCH3 is 1. The van der Waals surface area contributed by atoms with E-state index in [1.54, 1.807) is 30.3 Å². The molecule has 0 aliphatic rings. The number of rotatable bonds is 3. The average molecular weight is 325 g/mol. The first-order chi connectivity index (χ1) is 9.84. The first-order valence-electron chi connectivity index (χ1n) is 6.02. The van der Waals surface area contributed by atoms with Crippen LogP contribution < -0.4 is 0 Å². The van der Waals surface area contributed by atoms with Gasteiger partial charge in [0.15, 0.2) is 9.84 Å². The molecule has 2 rings (SSSR count). The minimum atomic E-state index is -3.42. The molecule has 0 bridgehead atoms. The van der Waals surface area contributed by atoms with Gasteiger partial charge in [-0.2, -0.15) is 0 Å². The van der Waals surface area contributed by atoms with E-state index in [9.17, 15) is 13.2 Å². The first kappa shape index (κ1) is 15.5. The highest BCUT2D eigenvalue weighted by atomic mass is 35.5. The van der Waals surface area contributed by atoms with Crippen LogP contribution in [0.5, 0.6) is 0 Å². The van der Waals surface area contributed by atoms with Gasteiger partial charge in [-0.3, -0.25) is 0 Å². The van der Waals surface area contributed by atoms with Gasteiger partial charge >= 0.3 is 5.97 Å². The second-order valence-electron chi connectivity index (χ2n) is 4.45. The van der Waals surface area contributed by atoms with Gasteiger partial charge in [0.1, 0.15) is 0 Å². The van der Waals surface area contributed by atoms with Crippen molar-refractivity contribution in [3.05, 3.63) is 53.1 Å². The van der Waals surface area contributed by atoms with Crippen LogP contribution in [0.3, 0.4) is 0 Å². The summed E-state index contributed by atoms with van der Waals surface area (Å²) in [5, 5.41) is 0.467. The zero-order valence-corrected chi connectivity index (χ0v) is 13.0. The average Bonchev–Trinajstić information content (AvgIpc) is 2.45. The molecule has 0 aliphatic carbocycles. The lowest BCUT2D eigenvalue weighted by Crippen LogP contribution is -2.06. The zero-order valence-electron chi connectivity index (χ0n) is 11.5. The van der Waals surface area contributed by atoms with E-state index in [1.807, 2.05) is 0 Å². The van der Waals surface area contributed by atoms with Crippen molar-refractivity contribution in [3.8, 4) is 11.1 Å². The third kappa shape index (κ3) is 3.25. The summed E-state index contributed by atoms with van der Waals surface area (Å²) in [4.78, 5) is 12.0. The van der Waals surface area contributed by atoms with E-state index in [4.69, 9.17) is 16.3 Å². The van der Waals surface area contributed by atoms with Crippen LogP contribution in [0, 0.1) is 0 Å². The Hall–Kier alpha value is -1.85. The number of carbonyl (C=O) groups is 1. The molecular formula is C15H13ClO4S. The summed E-state index contributed by atoms with van der Waals surface area (Å²) in [7, 11) is -2.17. The van der Waals surface area contributed by atoms with Crippen molar-refractivity contribution in [3.63, 3.8) is 0 Å². The van der Waals surface area contributed by atoms with E-state index >= 15 is 0 Å². The van der Waals surface area contributed by atoms with Crippen LogP contribution in [0.2, 0.25) is 5.02 Å². The number of ether oxygens (including phenoxy) is 1. The number of esters is 1. The summed E-state index contributed by atoms with van der Waals surface area (Å²) >= 11 is 6.14. The van der Waals surface area contributed by atoms with Crippen molar-refractivity contribution < 1.29 is 17.9 Å². The van der Waals surface area contributed by atoms with Gasteiger partial charge in [-0.05, 0) is 23.8 Å². The van der Waals surface area contributed by atoms with Crippen molar-refractivity contribution in [1.82, 2.24) is 0 Å². The van der Waals surface area contributed by atoms with Gasteiger partial charge in [-0.15, -0.1) is 0 Å². The maximum absolute atomic E-state index is 11.9. The molecule has 2 aromatic carbocycles. The minimum absolute atomic E-state index is 0.0544. The molecule has 0 unspecified atom stereocenters. The molecule has 2 aromatic rings. The Balaban J connectivity index is 2.73. The van der Waals surface area contributed by atoms with Crippen LogP contribution in [-0.4, -0.2) is 27.8 Å². The van der Waals surface area contributed by atoms with Gasteiger partial charge in [-0.1, -0.05) is 35.9 Å². The summed E-state index contributed by atoms with van der Waals surface area (Å²) < 4.78 is 28.0. The van der Waals surface area contributed by atoms with Crippen molar-refractivity contribution in [2.24, 2.45) is 0 Å². The number of carbonyl (C=O) groups excluding carboxylic acids is 1. The molecule has 0 atom stereocenters. The van der Waals surface area contributed by atoms with Gasteiger partial charge in [0.2, 0.25) is 0 Å². The van der Waals surface area contributed by atoms with E-state index < -0.39 is 15.8 Å². The lowest BCUT2D eigenvalue weighted by Gasteiger charge is -2.11. The Morgan fingerprint density at radius 2 is 1.76 bits per heavy atom. The maximum atomic E-state index is 11.9. The van der Waals surface area contributed by atoms with Crippen LogP contribution in [-0.2, 0) is 14.6 Å². The fourth-order valence-corrected chi connectivity index (χ4v) is 2.83. The smallest absolute Gasteiger partial charge is 0.338 e. The van der Waals surface area contributed by atoms with E-state index in [-0.39, 0.29) is 10.5 Å². The summed E-state index contributed by atoms with van der Waals surface area (Å²) in [6.45, 7) is 0. The summed E-state index contributed by atoms with van der Waals surface area (Å²) in [6.07, 6.45) is 1.08. The molecule has 0 aliphatic heterocycles. The van der Waals surface area contributed by atoms with Crippen molar-refractivity contribution in [2.45, 2.75) is 4.90 Å². The summed E-state index contributed by atoms with van der Waals surface area (Å²) in [6, 6.07) is 11.3. The Bertz CT molecular complexity index is 797. The van der Waals surface area contributed by atoms with Crippen LogP contribution in [0.25, 0.3) is 11.1 Å². The monoisotopic (exact) mass is 324 g/mol. The van der Waals surface area contributed by atoms with E-state index in [0.29, 0.717) is 16.1 Å². The highest BCUT2D eigenvalue weighted by Gasteiger charge is 2.18. The largest absolute Gasteiger partial charge is 0.465 e. The molecule has 4 nitrogen and oxygen atoms in total. The van der Waals surface area contributed by atoms with Crippen LogP contribution >= 0.6 is 11.6 Å². The number of benzene rings is 2. The topological polar surface area (TPSA) is 60.4 Å². The van der Waals surface area contributed by atoms with Crippen molar-refractivity contribution in [1.29, 1.82) is 0 Å². The molecule has 21 heavy (non-hydrogen) atoms. The first-order valence-corrected chi connectivity index (χ1v) is 8.29. The van der Waals surface area contributed by atoms with Crippen molar-refractivity contribution in [2.75, 3.05) is 13.4 Å². The molecule has 110 valence electrons. The van der Waals surface area contributed by atoms with Gasteiger partial charge < -0.3 is 4.74 Å². The Labute approximate surface area is 128 Å². The lowest BCUT2D eigenvalue weighted by atomic mass is 10.00. The fourth-order valence-electron chi connectivity index (χ4n) is 1.95. The van der Waals surface area contributed by atoms with E-state index in [0.717, 1.165) is 6.26 Å². The molecule has 0 N–H and O–H groups in total.